The van der Waals surface area contributed by atoms with Crippen LogP contribution in [0.3, 0.4) is 0 Å². The van der Waals surface area contributed by atoms with Crippen LogP contribution >= 0.6 is 11.8 Å². The van der Waals surface area contributed by atoms with Gasteiger partial charge in [0.15, 0.2) is 16.8 Å². The molecule has 0 saturated carbocycles. The number of amides is 1. The van der Waals surface area contributed by atoms with Crippen molar-refractivity contribution in [1.29, 1.82) is 0 Å². The second-order valence-corrected chi connectivity index (χ2v) is 11.0. The molecule has 1 fully saturated rings. The van der Waals surface area contributed by atoms with Gasteiger partial charge in [0.25, 0.3) is 0 Å². The molecular formula is C24H27N5O4S2. The Labute approximate surface area is 209 Å². The number of nitrogens with zero attached hydrogens (tertiary/aromatic N) is 4. The summed E-state index contributed by atoms with van der Waals surface area (Å²) in [7, 11) is -3.47. The molecule has 4 rings (SSSR count). The molecule has 0 unspecified atom stereocenters. The lowest BCUT2D eigenvalue weighted by Crippen LogP contribution is -2.27. The minimum absolute atomic E-state index is 0.0315. The van der Waals surface area contributed by atoms with E-state index in [0.717, 1.165) is 18.4 Å². The fourth-order valence-electron chi connectivity index (χ4n) is 3.86. The average Bonchev–Trinajstić information content (AvgIpc) is 3.54. The van der Waals surface area contributed by atoms with E-state index in [1.165, 1.54) is 23.0 Å². The summed E-state index contributed by atoms with van der Waals surface area (Å²) in [6.45, 7) is 5.16. The Bertz CT molecular complexity index is 1310. The number of carbonyl (C=O) groups excluding carboxylic acids is 2. The lowest BCUT2D eigenvalue weighted by Gasteiger charge is -2.15. The molecule has 0 atom stereocenters. The van der Waals surface area contributed by atoms with Gasteiger partial charge in [0.05, 0.1) is 10.6 Å². The van der Waals surface area contributed by atoms with Crippen LogP contribution < -0.4 is 5.32 Å². The molecule has 1 saturated heterocycles. The van der Waals surface area contributed by atoms with E-state index in [4.69, 9.17) is 0 Å². The third kappa shape index (κ3) is 5.63. The molecule has 0 bridgehead atoms. The minimum atomic E-state index is -3.47. The van der Waals surface area contributed by atoms with Crippen molar-refractivity contribution in [2.75, 3.05) is 24.2 Å². The Hall–Kier alpha value is -3.02. The number of rotatable bonds is 9. The predicted molar refractivity (Wildman–Crippen MR) is 135 cm³/mol. The molecule has 184 valence electrons. The lowest BCUT2D eigenvalue weighted by molar-refractivity contribution is -0.113. The Morgan fingerprint density at radius 3 is 2.26 bits per heavy atom. The molecule has 1 aromatic heterocycles. The fourth-order valence-corrected chi connectivity index (χ4v) is 6.18. The molecule has 1 aliphatic rings. The van der Waals surface area contributed by atoms with E-state index in [9.17, 15) is 18.0 Å². The summed E-state index contributed by atoms with van der Waals surface area (Å²) < 4.78 is 29.0. The molecule has 9 nitrogen and oxygen atoms in total. The highest BCUT2D eigenvalue weighted by Crippen LogP contribution is 2.27. The van der Waals surface area contributed by atoms with Crippen LogP contribution in [0.1, 0.15) is 37.0 Å². The molecule has 2 heterocycles. The van der Waals surface area contributed by atoms with Crippen molar-refractivity contribution in [3.8, 4) is 11.4 Å². The molecule has 1 amide bonds. The van der Waals surface area contributed by atoms with Gasteiger partial charge in [-0.1, -0.05) is 11.8 Å². The first kappa shape index (κ1) is 25.1. The molecule has 11 heteroatoms. The fraction of sp³-hybridized carbons (Fsp3) is 0.333. The number of carbonyl (C=O) groups is 2. The molecule has 3 aromatic rings. The van der Waals surface area contributed by atoms with Crippen molar-refractivity contribution in [2.45, 2.75) is 43.3 Å². The van der Waals surface area contributed by atoms with Gasteiger partial charge in [0.2, 0.25) is 15.9 Å². The van der Waals surface area contributed by atoms with Crippen molar-refractivity contribution in [3.05, 3.63) is 54.1 Å². The van der Waals surface area contributed by atoms with Gasteiger partial charge in [-0.2, -0.15) is 4.31 Å². The SMILES string of the molecule is CCn1c(SCC(=O)Nc2ccc(C(C)=O)cc2)nnc1-c1ccc(S(=O)(=O)N2CCCC2)cc1. The first-order valence-corrected chi connectivity index (χ1v) is 13.8. The third-order valence-corrected chi connectivity index (χ3v) is 8.64. The largest absolute Gasteiger partial charge is 0.325 e. The minimum Gasteiger partial charge on any atom is -0.325 e. The Morgan fingerprint density at radius 2 is 1.66 bits per heavy atom. The standard InChI is InChI=1S/C24H27N5O4S2/c1-3-29-23(19-8-12-21(13-9-19)35(32,33)28-14-4-5-15-28)26-27-24(29)34-16-22(31)25-20-10-6-18(7-11-20)17(2)30/h6-13H,3-5,14-16H2,1-2H3,(H,25,31). The molecule has 1 N–H and O–H groups in total. The number of thioether (sulfide) groups is 1. The number of benzene rings is 2. The summed E-state index contributed by atoms with van der Waals surface area (Å²) in [6, 6.07) is 13.4. The summed E-state index contributed by atoms with van der Waals surface area (Å²) in [6.07, 6.45) is 1.78. The highest BCUT2D eigenvalue weighted by atomic mass is 32.2. The Balaban J connectivity index is 1.42. The maximum Gasteiger partial charge on any atom is 0.243 e. The van der Waals surface area contributed by atoms with Crippen molar-refractivity contribution >= 4 is 39.2 Å². The molecule has 0 spiro atoms. The molecule has 2 aromatic carbocycles. The predicted octanol–water partition coefficient (Wildman–Crippen LogP) is 3.68. The van der Waals surface area contributed by atoms with E-state index in [2.05, 4.69) is 15.5 Å². The number of nitrogens with one attached hydrogen (secondary N) is 1. The number of hydrogen-bond donors (Lipinski definition) is 1. The maximum absolute atomic E-state index is 12.8. The summed E-state index contributed by atoms with van der Waals surface area (Å²) in [5.41, 5.74) is 1.95. The van der Waals surface area contributed by atoms with Gasteiger partial charge in [-0.3, -0.25) is 9.59 Å². The van der Waals surface area contributed by atoms with Crippen molar-refractivity contribution < 1.29 is 18.0 Å². The van der Waals surface area contributed by atoms with Crippen LogP contribution in [0.4, 0.5) is 5.69 Å². The number of ketones is 1. The smallest absolute Gasteiger partial charge is 0.243 e. The molecular weight excluding hydrogens is 486 g/mol. The lowest BCUT2D eigenvalue weighted by atomic mass is 10.1. The van der Waals surface area contributed by atoms with Gasteiger partial charge in [-0.25, -0.2) is 8.42 Å². The topological polar surface area (TPSA) is 114 Å². The second-order valence-electron chi connectivity index (χ2n) is 8.16. The van der Waals surface area contributed by atoms with Crippen molar-refractivity contribution in [3.63, 3.8) is 0 Å². The van der Waals surface area contributed by atoms with Crippen LogP contribution in [0.25, 0.3) is 11.4 Å². The number of aromatic nitrogens is 3. The van der Waals surface area contributed by atoms with Crippen LogP contribution in [0, 0.1) is 0 Å². The molecule has 0 aliphatic carbocycles. The van der Waals surface area contributed by atoms with E-state index in [0.29, 0.717) is 41.9 Å². The summed E-state index contributed by atoms with van der Waals surface area (Å²) in [5.74, 6) is 0.519. The molecule has 0 radical (unpaired) electrons. The zero-order chi connectivity index (χ0) is 25.0. The number of anilines is 1. The number of hydrogen-bond acceptors (Lipinski definition) is 7. The van der Waals surface area contributed by atoms with Crippen molar-refractivity contribution in [2.24, 2.45) is 0 Å². The van der Waals surface area contributed by atoms with E-state index in [1.54, 1.807) is 48.5 Å². The van der Waals surface area contributed by atoms with Gasteiger partial charge >= 0.3 is 0 Å². The van der Waals surface area contributed by atoms with E-state index in [-0.39, 0.29) is 22.3 Å². The van der Waals surface area contributed by atoms with Gasteiger partial charge in [0.1, 0.15) is 0 Å². The third-order valence-electron chi connectivity index (χ3n) is 5.76. The summed E-state index contributed by atoms with van der Waals surface area (Å²) >= 11 is 1.27. The molecule has 1 aliphatic heterocycles. The Morgan fingerprint density at radius 1 is 1.00 bits per heavy atom. The first-order valence-electron chi connectivity index (χ1n) is 11.4. The van der Waals surface area contributed by atoms with Gasteiger partial charge < -0.3 is 9.88 Å². The van der Waals surface area contributed by atoms with Crippen LogP contribution in [0.2, 0.25) is 0 Å². The van der Waals surface area contributed by atoms with E-state index in [1.807, 2.05) is 11.5 Å². The second kappa shape index (κ2) is 10.7. The highest BCUT2D eigenvalue weighted by Gasteiger charge is 2.27. The molecule has 35 heavy (non-hydrogen) atoms. The highest BCUT2D eigenvalue weighted by molar-refractivity contribution is 7.99. The zero-order valence-electron chi connectivity index (χ0n) is 19.6. The monoisotopic (exact) mass is 513 g/mol. The number of sulfonamides is 1. The summed E-state index contributed by atoms with van der Waals surface area (Å²) in [5, 5.41) is 11.9. The van der Waals surface area contributed by atoms with Crippen LogP contribution in [0.5, 0.6) is 0 Å². The number of Topliss-reactive ketones (excluding diaryl/α,β-unsaturated/α-hetero) is 1. The van der Waals surface area contributed by atoms with Gasteiger partial charge in [-0.05, 0) is 75.2 Å². The van der Waals surface area contributed by atoms with E-state index < -0.39 is 10.0 Å². The maximum atomic E-state index is 12.8. The van der Waals surface area contributed by atoms with Gasteiger partial charge in [-0.15, -0.1) is 10.2 Å². The normalized spacial score (nSPS) is 14.2. The van der Waals surface area contributed by atoms with Crippen LogP contribution in [-0.2, 0) is 21.4 Å². The summed E-state index contributed by atoms with van der Waals surface area (Å²) in [4.78, 5) is 24.1. The van der Waals surface area contributed by atoms with Crippen LogP contribution in [-0.4, -0.2) is 58.0 Å². The first-order chi connectivity index (χ1) is 16.8. The Kier molecular flexibility index (Phi) is 7.68. The van der Waals surface area contributed by atoms with Crippen LogP contribution in [0.15, 0.2) is 58.6 Å². The van der Waals surface area contributed by atoms with Gasteiger partial charge in [0, 0.05) is 36.4 Å². The quantitative estimate of drug-likeness (QED) is 0.343. The van der Waals surface area contributed by atoms with E-state index >= 15 is 0 Å². The van der Waals surface area contributed by atoms with Crippen molar-refractivity contribution in [1.82, 2.24) is 19.1 Å². The average molecular weight is 514 g/mol. The zero-order valence-corrected chi connectivity index (χ0v) is 21.2.